The van der Waals surface area contributed by atoms with Crippen molar-refractivity contribution in [2.24, 2.45) is 0 Å². The van der Waals surface area contributed by atoms with Gasteiger partial charge in [-0.2, -0.15) is 0 Å². The molecule has 1 atom stereocenters. The van der Waals surface area contributed by atoms with E-state index in [1.54, 1.807) is 0 Å². The van der Waals surface area contributed by atoms with Gasteiger partial charge in [-0.1, -0.05) is 0 Å². The molecule has 1 saturated carbocycles. The van der Waals surface area contributed by atoms with Crippen molar-refractivity contribution in [2.45, 2.75) is 38.4 Å². The summed E-state index contributed by atoms with van der Waals surface area (Å²) >= 11 is 0. The molecule has 3 rings (SSSR count). The fourth-order valence-electron chi connectivity index (χ4n) is 2.32. The molecular weight excluding hydrogens is 246 g/mol. The first-order valence-electron chi connectivity index (χ1n) is 6.53. The van der Waals surface area contributed by atoms with E-state index < -0.39 is 6.04 Å². The number of hydrogen-bond acceptors (Lipinski definition) is 3. The van der Waals surface area contributed by atoms with E-state index in [1.165, 1.54) is 0 Å². The summed E-state index contributed by atoms with van der Waals surface area (Å²) in [6.45, 7) is 2.72. The molecule has 2 fully saturated rings. The molecule has 19 heavy (non-hydrogen) atoms. The summed E-state index contributed by atoms with van der Waals surface area (Å²) in [4.78, 5) is 25.3. The first-order chi connectivity index (χ1) is 9.13. The zero-order valence-corrected chi connectivity index (χ0v) is 10.8. The van der Waals surface area contributed by atoms with Crippen LogP contribution in [0, 0.1) is 6.92 Å². The Morgan fingerprint density at radius 1 is 1.47 bits per heavy atom. The second kappa shape index (κ2) is 4.60. The fraction of sp³-hybridized carbons (Fsp3) is 0.538. The summed E-state index contributed by atoms with van der Waals surface area (Å²) in [5.41, 5.74) is 0. The van der Waals surface area contributed by atoms with Crippen LogP contribution in [0.15, 0.2) is 16.5 Å². The Morgan fingerprint density at radius 3 is 2.79 bits per heavy atom. The van der Waals surface area contributed by atoms with Crippen LogP contribution in [0.5, 0.6) is 0 Å². The molecule has 2 heterocycles. The minimum absolute atomic E-state index is 0.0325. The highest BCUT2D eigenvalue weighted by molar-refractivity contribution is 5.90. The molecule has 1 unspecified atom stereocenters. The van der Waals surface area contributed by atoms with Crippen LogP contribution < -0.4 is 10.6 Å². The van der Waals surface area contributed by atoms with Gasteiger partial charge in [0.2, 0.25) is 5.91 Å². The zero-order valence-electron chi connectivity index (χ0n) is 10.8. The molecule has 6 nitrogen and oxygen atoms in total. The number of furan rings is 1. The Morgan fingerprint density at radius 2 is 2.26 bits per heavy atom. The number of nitrogens with one attached hydrogen (secondary N) is 2. The van der Waals surface area contributed by atoms with Crippen LogP contribution in [-0.2, 0) is 11.3 Å². The highest BCUT2D eigenvalue weighted by Gasteiger charge is 2.38. The fourth-order valence-corrected chi connectivity index (χ4v) is 2.32. The number of hydrogen-bond donors (Lipinski definition) is 2. The van der Waals surface area contributed by atoms with Crippen molar-refractivity contribution in [3.63, 3.8) is 0 Å². The minimum atomic E-state index is -0.454. The summed E-state index contributed by atoms with van der Waals surface area (Å²) < 4.78 is 5.53. The maximum Gasteiger partial charge on any atom is 0.315 e. The molecule has 2 N–H and O–H groups in total. The van der Waals surface area contributed by atoms with Crippen LogP contribution in [0.4, 0.5) is 4.79 Å². The van der Waals surface area contributed by atoms with E-state index in [-0.39, 0.29) is 18.0 Å². The summed E-state index contributed by atoms with van der Waals surface area (Å²) in [5, 5.41) is 5.25. The van der Waals surface area contributed by atoms with E-state index in [1.807, 2.05) is 24.0 Å². The number of carbonyl (C=O) groups excluding carboxylic acids is 2. The maximum atomic E-state index is 12.4. The van der Waals surface area contributed by atoms with Crippen molar-refractivity contribution in [1.29, 1.82) is 0 Å². The van der Waals surface area contributed by atoms with Crippen LogP contribution in [0.2, 0.25) is 0 Å². The van der Waals surface area contributed by atoms with Crippen LogP contribution in [0.3, 0.4) is 0 Å². The first-order valence-corrected chi connectivity index (χ1v) is 6.53. The molecule has 3 amide bonds. The van der Waals surface area contributed by atoms with Gasteiger partial charge in [-0.3, -0.25) is 4.79 Å². The van der Waals surface area contributed by atoms with E-state index in [2.05, 4.69) is 10.6 Å². The molecular formula is C13H17N3O3. The molecule has 1 aliphatic heterocycles. The average Bonchev–Trinajstić information content (AvgIpc) is 3.00. The summed E-state index contributed by atoms with van der Waals surface area (Å²) in [6.07, 6.45) is 2.05. The maximum absolute atomic E-state index is 12.4. The van der Waals surface area contributed by atoms with Crippen molar-refractivity contribution in [3.05, 3.63) is 23.7 Å². The standard InChI is InChI=1S/C13H17N3O3/c1-8-2-5-10(19-8)7-16(9-3-4-9)12(17)11-6-14-13(18)15-11/h2,5,9,11H,3-4,6-7H2,1H3,(H2,14,15,18). The molecule has 0 aromatic carbocycles. The Hall–Kier alpha value is -1.98. The van der Waals surface area contributed by atoms with E-state index in [0.717, 1.165) is 24.4 Å². The normalized spacial score (nSPS) is 21.9. The number of urea groups is 1. The minimum Gasteiger partial charge on any atom is -0.464 e. The Labute approximate surface area is 111 Å². The molecule has 2 aliphatic rings. The highest BCUT2D eigenvalue weighted by Crippen LogP contribution is 2.29. The first kappa shape index (κ1) is 12.1. The van der Waals surface area contributed by atoms with Gasteiger partial charge in [0, 0.05) is 12.6 Å². The van der Waals surface area contributed by atoms with Crippen LogP contribution >= 0.6 is 0 Å². The van der Waals surface area contributed by atoms with Gasteiger partial charge in [-0.15, -0.1) is 0 Å². The van der Waals surface area contributed by atoms with E-state index in [9.17, 15) is 9.59 Å². The van der Waals surface area contributed by atoms with E-state index >= 15 is 0 Å². The third-order valence-electron chi connectivity index (χ3n) is 3.46. The average molecular weight is 263 g/mol. The number of nitrogens with zero attached hydrogens (tertiary/aromatic N) is 1. The highest BCUT2D eigenvalue weighted by atomic mass is 16.3. The van der Waals surface area contributed by atoms with Crippen molar-refractivity contribution >= 4 is 11.9 Å². The van der Waals surface area contributed by atoms with Gasteiger partial charge in [0.15, 0.2) is 0 Å². The van der Waals surface area contributed by atoms with Gasteiger partial charge >= 0.3 is 6.03 Å². The second-order valence-electron chi connectivity index (χ2n) is 5.12. The third-order valence-corrected chi connectivity index (χ3v) is 3.46. The van der Waals surface area contributed by atoms with Crippen molar-refractivity contribution < 1.29 is 14.0 Å². The molecule has 0 spiro atoms. The van der Waals surface area contributed by atoms with Crippen LogP contribution in [0.1, 0.15) is 24.4 Å². The quantitative estimate of drug-likeness (QED) is 0.842. The van der Waals surface area contributed by atoms with Gasteiger partial charge in [0.05, 0.1) is 6.54 Å². The molecule has 0 bridgehead atoms. The van der Waals surface area contributed by atoms with E-state index in [4.69, 9.17) is 4.42 Å². The lowest BCUT2D eigenvalue weighted by atomic mass is 10.2. The van der Waals surface area contributed by atoms with Crippen LogP contribution in [0.25, 0.3) is 0 Å². The summed E-state index contributed by atoms with van der Waals surface area (Å²) in [6, 6.07) is 3.34. The molecule has 6 heteroatoms. The molecule has 1 saturated heterocycles. The number of amides is 3. The topological polar surface area (TPSA) is 74.6 Å². The van der Waals surface area contributed by atoms with Gasteiger partial charge in [-0.05, 0) is 31.9 Å². The molecule has 0 radical (unpaired) electrons. The number of aryl methyl sites for hydroxylation is 1. The lowest BCUT2D eigenvalue weighted by Crippen LogP contribution is -2.46. The lowest BCUT2D eigenvalue weighted by molar-refractivity contribution is -0.134. The summed E-state index contributed by atoms with van der Waals surface area (Å²) in [5.74, 6) is 1.60. The van der Waals surface area contributed by atoms with Gasteiger partial charge in [0.25, 0.3) is 0 Å². The Bertz CT molecular complexity index is 507. The molecule has 1 aliphatic carbocycles. The largest absolute Gasteiger partial charge is 0.464 e. The second-order valence-corrected chi connectivity index (χ2v) is 5.12. The lowest BCUT2D eigenvalue weighted by Gasteiger charge is -2.24. The zero-order chi connectivity index (χ0) is 13.4. The predicted octanol–water partition coefficient (Wildman–Crippen LogP) is 0.760. The Balaban J connectivity index is 1.70. The van der Waals surface area contributed by atoms with Gasteiger partial charge in [0.1, 0.15) is 17.6 Å². The number of rotatable bonds is 4. The van der Waals surface area contributed by atoms with Crippen molar-refractivity contribution in [2.75, 3.05) is 6.54 Å². The van der Waals surface area contributed by atoms with E-state index in [0.29, 0.717) is 13.1 Å². The van der Waals surface area contributed by atoms with Gasteiger partial charge in [-0.25, -0.2) is 4.79 Å². The predicted molar refractivity (Wildman–Crippen MR) is 67.3 cm³/mol. The Kier molecular flexibility index (Phi) is 2.93. The molecule has 102 valence electrons. The van der Waals surface area contributed by atoms with Gasteiger partial charge < -0.3 is 20.0 Å². The number of carbonyl (C=O) groups is 2. The molecule has 1 aromatic heterocycles. The monoisotopic (exact) mass is 263 g/mol. The summed E-state index contributed by atoms with van der Waals surface area (Å²) in [7, 11) is 0. The smallest absolute Gasteiger partial charge is 0.315 e. The SMILES string of the molecule is Cc1ccc(CN(C(=O)C2CNC(=O)N2)C2CC2)o1. The van der Waals surface area contributed by atoms with Crippen molar-refractivity contribution in [3.8, 4) is 0 Å². The third kappa shape index (κ3) is 2.57. The van der Waals surface area contributed by atoms with Crippen molar-refractivity contribution in [1.82, 2.24) is 15.5 Å². The van der Waals surface area contributed by atoms with Crippen LogP contribution in [-0.4, -0.2) is 35.5 Å². The molecule has 1 aromatic rings.